The number of hydrogen-bond donors (Lipinski definition) is 1. The Balaban J connectivity index is 2.30. The van der Waals surface area contributed by atoms with E-state index >= 15 is 0 Å². The Bertz CT molecular complexity index is 238. The van der Waals surface area contributed by atoms with E-state index in [1.807, 2.05) is 6.92 Å². The number of piperidine rings is 1. The van der Waals surface area contributed by atoms with Gasteiger partial charge in [0.25, 0.3) is 0 Å². The first-order valence-electron chi connectivity index (χ1n) is 6.21. The standard InChI is InChI=1S/C12H23F3N2/c1-10(7-16-8-12(13,14)15)17-6-4-5-11(2,3)9-17/h10,16H,4-9H2,1-3H3. The number of alkyl halides is 3. The summed E-state index contributed by atoms with van der Waals surface area (Å²) in [4.78, 5) is 2.28. The van der Waals surface area contributed by atoms with Gasteiger partial charge >= 0.3 is 6.18 Å². The van der Waals surface area contributed by atoms with Crippen LogP contribution in [-0.4, -0.2) is 43.3 Å². The minimum absolute atomic E-state index is 0.164. The lowest BCUT2D eigenvalue weighted by atomic mass is 9.83. The number of rotatable bonds is 4. The van der Waals surface area contributed by atoms with Crippen LogP contribution in [0.15, 0.2) is 0 Å². The molecule has 0 aliphatic carbocycles. The number of likely N-dealkylation sites (tertiary alicyclic amines) is 1. The van der Waals surface area contributed by atoms with Gasteiger partial charge in [-0.3, -0.25) is 4.90 Å². The van der Waals surface area contributed by atoms with E-state index in [1.165, 1.54) is 6.42 Å². The van der Waals surface area contributed by atoms with Gasteiger partial charge in [0.15, 0.2) is 0 Å². The third-order valence-electron chi connectivity index (χ3n) is 3.32. The summed E-state index contributed by atoms with van der Waals surface area (Å²) in [5.41, 5.74) is 0.288. The first-order chi connectivity index (χ1) is 7.70. The lowest BCUT2D eigenvalue weighted by Gasteiger charge is -2.41. The van der Waals surface area contributed by atoms with Crippen molar-refractivity contribution in [2.75, 3.05) is 26.2 Å². The van der Waals surface area contributed by atoms with Crippen LogP contribution in [0, 0.1) is 5.41 Å². The van der Waals surface area contributed by atoms with Crippen molar-refractivity contribution >= 4 is 0 Å². The minimum Gasteiger partial charge on any atom is -0.307 e. The molecule has 1 heterocycles. The SMILES string of the molecule is CC(CNCC(F)(F)F)N1CCCC(C)(C)C1. The van der Waals surface area contributed by atoms with Gasteiger partial charge in [-0.25, -0.2) is 0 Å². The highest BCUT2D eigenvalue weighted by Gasteiger charge is 2.30. The smallest absolute Gasteiger partial charge is 0.307 e. The summed E-state index contributed by atoms with van der Waals surface area (Å²) in [5, 5.41) is 2.48. The Hall–Kier alpha value is -0.290. The fraction of sp³-hybridized carbons (Fsp3) is 1.00. The van der Waals surface area contributed by atoms with Crippen molar-refractivity contribution in [3.8, 4) is 0 Å². The monoisotopic (exact) mass is 252 g/mol. The molecule has 17 heavy (non-hydrogen) atoms. The quantitative estimate of drug-likeness (QED) is 0.827. The van der Waals surface area contributed by atoms with Gasteiger partial charge in [0.05, 0.1) is 6.54 Å². The second-order valence-corrected chi connectivity index (χ2v) is 5.83. The summed E-state index contributed by atoms with van der Waals surface area (Å²) in [6, 6.07) is 0.164. The van der Waals surface area contributed by atoms with Crippen LogP contribution in [0.2, 0.25) is 0 Å². The Labute approximate surface area is 102 Å². The predicted octanol–water partition coefficient (Wildman–Crippen LogP) is 2.65. The van der Waals surface area contributed by atoms with Crippen LogP contribution in [0.25, 0.3) is 0 Å². The molecule has 1 N–H and O–H groups in total. The average molecular weight is 252 g/mol. The molecule has 0 spiro atoms. The van der Waals surface area contributed by atoms with Crippen molar-refractivity contribution < 1.29 is 13.2 Å². The highest BCUT2D eigenvalue weighted by Crippen LogP contribution is 2.29. The average Bonchev–Trinajstić information content (AvgIpc) is 2.13. The summed E-state index contributed by atoms with van der Waals surface area (Å²) in [6.45, 7) is 7.90. The highest BCUT2D eigenvalue weighted by molar-refractivity contribution is 4.83. The molecule has 0 bridgehead atoms. The molecule has 0 aromatic carbocycles. The van der Waals surface area contributed by atoms with E-state index in [-0.39, 0.29) is 11.5 Å². The van der Waals surface area contributed by atoms with Crippen molar-refractivity contribution in [3.05, 3.63) is 0 Å². The molecule has 0 radical (unpaired) electrons. The number of nitrogens with one attached hydrogen (secondary N) is 1. The largest absolute Gasteiger partial charge is 0.401 e. The second-order valence-electron chi connectivity index (χ2n) is 5.83. The summed E-state index contributed by atoms with van der Waals surface area (Å²) in [7, 11) is 0. The number of halogens is 3. The van der Waals surface area contributed by atoms with Gasteiger partial charge in [-0.05, 0) is 31.7 Å². The van der Waals surface area contributed by atoms with Crippen molar-refractivity contribution in [2.45, 2.75) is 45.8 Å². The molecule has 0 saturated carbocycles. The van der Waals surface area contributed by atoms with Gasteiger partial charge in [0.2, 0.25) is 0 Å². The zero-order chi connectivity index (χ0) is 13.1. The third-order valence-corrected chi connectivity index (χ3v) is 3.32. The van der Waals surface area contributed by atoms with Crippen LogP contribution in [0.4, 0.5) is 13.2 Å². The molecule has 0 aromatic rings. The number of hydrogen-bond acceptors (Lipinski definition) is 2. The molecular weight excluding hydrogens is 229 g/mol. The van der Waals surface area contributed by atoms with Gasteiger partial charge in [-0.2, -0.15) is 13.2 Å². The lowest BCUT2D eigenvalue weighted by Crippen LogP contribution is -2.49. The van der Waals surface area contributed by atoms with Gasteiger partial charge < -0.3 is 5.32 Å². The van der Waals surface area contributed by atoms with Crippen molar-refractivity contribution in [2.24, 2.45) is 5.41 Å². The molecule has 1 fully saturated rings. The highest BCUT2D eigenvalue weighted by atomic mass is 19.4. The zero-order valence-corrected chi connectivity index (χ0v) is 10.9. The van der Waals surface area contributed by atoms with Gasteiger partial charge in [0.1, 0.15) is 0 Å². The Morgan fingerprint density at radius 3 is 2.53 bits per heavy atom. The fourth-order valence-corrected chi connectivity index (χ4v) is 2.40. The first kappa shape index (κ1) is 14.8. The maximum absolute atomic E-state index is 12.0. The van der Waals surface area contributed by atoms with Crippen LogP contribution in [0.1, 0.15) is 33.6 Å². The molecule has 5 heteroatoms. The van der Waals surface area contributed by atoms with E-state index in [2.05, 4.69) is 24.1 Å². The van der Waals surface area contributed by atoms with E-state index in [9.17, 15) is 13.2 Å². The maximum atomic E-state index is 12.0. The van der Waals surface area contributed by atoms with Gasteiger partial charge in [-0.1, -0.05) is 13.8 Å². The van der Waals surface area contributed by atoms with Crippen LogP contribution in [0.5, 0.6) is 0 Å². The minimum atomic E-state index is -4.11. The van der Waals surface area contributed by atoms with Crippen molar-refractivity contribution in [1.82, 2.24) is 10.2 Å². The second kappa shape index (κ2) is 5.57. The third kappa shape index (κ3) is 5.73. The summed E-state index contributed by atoms with van der Waals surface area (Å²) in [5.74, 6) is 0. The summed E-state index contributed by atoms with van der Waals surface area (Å²) >= 11 is 0. The van der Waals surface area contributed by atoms with E-state index in [1.54, 1.807) is 0 Å². The molecule has 1 rings (SSSR count). The topological polar surface area (TPSA) is 15.3 Å². The summed E-state index contributed by atoms with van der Waals surface area (Å²) in [6.07, 6.45) is -1.77. The number of nitrogens with zero attached hydrogens (tertiary/aromatic N) is 1. The van der Waals surface area contributed by atoms with Crippen LogP contribution >= 0.6 is 0 Å². The molecule has 2 nitrogen and oxygen atoms in total. The zero-order valence-electron chi connectivity index (χ0n) is 10.9. The van der Waals surface area contributed by atoms with E-state index in [4.69, 9.17) is 0 Å². The molecule has 0 amide bonds. The van der Waals surface area contributed by atoms with Crippen LogP contribution in [0.3, 0.4) is 0 Å². The molecule has 1 atom stereocenters. The maximum Gasteiger partial charge on any atom is 0.401 e. The molecule has 1 aliphatic rings. The Morgan fingerprint density at radius 2 is 2.00 bits per heavy atom. The molecule has 0 aromatic heterocycles. The molecule has 1 unspecified atom stereocenters. The van der Waals surface area contributed by atoms with E-state index in [0.29, 0.717) is 6.54 Å². The molecule has 1 saturated heterocycles. The predicted molar refractivity (Wildman–Crippen MR) is 63.0 cm³/mol. The fourth-order valence-electron chi connectivity index (χ4n) is 2.40. The van der Waals surface area contributed by atoms with E-state index in [0.717, 1.165) is 19.5 Å². The van der Waals surface area contributed by atoms with Gasteiger partial charge in [0, 0.05) is 19.1 Å². The summed E-state index contributed by atoms with van der Waals surface area (Å²) < 4.78 is 36.0. The van der Waals surface area contributed by atoms with E-state index < -0.39 is 12.7 Å². The Morgan fingerprint density at radius 1 is 1.35 bits per heavy atom. The van der Waals surface area contributed by atoms with Crippen LogP contribution < -0.4 is 5.32 Å². The lowest BCUT2D eigenvalue weighted by molar-refractivity contribution is -0.125. The van der Waals surface area contributed by atoms with Crippen LogP contribution in [-0.2, 0) is 0 Å². The van der Waals surface area contributed by atoms with Crippen molar-refractivity contribution in [1.29, 1.82) is 0 Å². The molecule has 1 aliphatic heterocycles. The molecule has 102 valence electrons. The molecular formula is C12H23F3N2. The van der Waals surface area contributed by atoms with Gasteiger partial charge in [-0.15, -0.1) is 0 Å². The first-order valence-corrected chi connectivity index (χ1v) is 6.21. The normalized spacial score (nSPS) is 23.6. The van der Waals surface area contributed by atoms with Crippen molar-refractivity contribution in [3.63, 3.8) is 0 Å². The Kier molecular flexibility index (Phi) is 4.84.